The van der Waals surface area contributed by atoms with Crippen molar-refractivity contribution in [1.82, 2.24) is 4.90 Å². The summed E-state index contributed by atoms with van der Waals surface area (Å²) in [4.78, 5) is 24.7. The van der Waals surface area contributed by atoms with Crippen molar-refractivity contribution in [3.63, 3.8) is 0 Å². The zero-order valence-electron chi connectivity index (χ0n) is 10.5. The Morgan fingerprint density at radius 1 is 1.40 bits per heavy atom. The van der Waals surface area contributed by atoms with Gasteiger partial charge in [0.2, 0.25) is 0 Å². The smallest absolute Gasteiger partial charge is 0.327 e. The Bertz CT molecular complexity index is 556. The van der Waals surface area contributed by atoms with Gasteiger partial charge in [-0.1, -0.05) is 23.2 Å². The molecule has 0 saturated carbocycles. The molecule has 2 atom stereocenters. The molecule has 20 heavy (non-hydrogen) atoms. The molecule has 1 heterocycles. The number of nitrogens with zero attached hydrogens (tertiary/aromatic N) is 1. The second-order valence-electron chi connectivity index (χ2n) is 4.25. The molecule has 1 saturated heterocycles. The Hall–Kier alpha value is -1.11. The van der Waals surface area contributed by atoms with Gasteiger partial charge in [-0.3, -0.25) is 4.90 Å². The Labute approximate surface area is 130 Å². The number of carboxylic acid groups (broad SMARTS) is 1. The molecule has 0 bridgehead atoms. The Kier molecular flexibility index (Phi) is 4.67. The summed E-state index contributed by atoms with van der Waals surface area (Å²) >= 11 is 13.1. The molecule has 2 unspecified atom stereocenters. The fourth-order valence-electron chi connectivity index (χ4n) is 1.90. The Balaban J connectivity index is 2.14. The highest BCUT2D eigenvalue weighted by Crippen LogP contribution is 2.30. The third-order valence-corrected chi connectivity index (χ3v) is 4.87. The molecule has 1 fully saturated rings. The fourth-order valence-corrected chi connectivity index (χ4v) is 3.37. The summed E-state index contributed by atoms with van der Waals surface area (Å²) in [5.74, 6) is -0.628. The summed E-state index contributed by atoms with van der Waals surface area (Å²) in [6.45, 7) is 1.79. The van der Waals surface area contributed by atoms with Gasteiger partial charge in [-0.05, 0) is 25.1 Å². The molecule has 8 heteroatoms. The zero-order chi connectivity index (χ0) is 14.9. The molecule has 5 nitrogen and oxygen atoms in total. The van der Waals surface area contributed by atoms with Crippen LogP contribution in [0.15, 0.2) is 18.2 Å². The van der Waals surface area contributed by atoms with Crippen LogP contribution in [0.2, 0.25) is 10.0 Å². The van der Waals surface area contributed by atoms with Crippen molar-refractivity contribution in [3.05, 3.63) is 28.2 Å². The third-order valence-electron chi connectivity index (χ3n) is 2.91. The van der Waals surface area contributed by atoms with E-state index in [1.165, 1.54) is 22.7 Å². The summed E-state index contributed by atoms with van der Waals surface area (Å²) in [5, 5.41) is 12.3. The third kappa shape index (κ3) is 3.13. The van der Waals surface area contributed by atoms with Crippen LogP contribution in [0, 0.1) is 0 Å². The van der Waals surface area contributed by atoms with Gasteiger partial charge in [-0.25, -0.2) is 9.59 Å². The highest BCUT2D eigenvalue weighted by atomic mass is 35.5. The van der Waals surface area contributed by atoms with Gasteiger partial charge in [-0.15, -0.1) is 11.8 Å². The van der Waals surface area contributed by atoms with Gasteiger partial charge in [0.25, 0.3) is 0 Å². The van der Waals surface area contributed by atoms with Crippen LogP contribution in [0.25, 0.3) is 0 Å². The van der Waals surface area contributed by atoms with E-state index >= 15 is 0 Å². The molecule has 108 valence electrons. The maximum atomic E-state index is 12.2. The number of benzene rings is 1. The number of amides is 2. The van der Waals surface area contributed by atoms with Crippen LogP contribution < -0.4 is 5.32 Å². The molecule has 0 radical (unpaired) electrons. The number of halogens is 2. The summed E-state index contributed by atoms with van der Waals surface area (Å²) in [6.07, 6.45) is 0. The lowest BCUT2D eigenvalue weighted by atomic mass is 10.3. The van der Waals surface area contributed by atoms with E-state index in [2.05, 4.69) is 5.32 Å². The van der Waals surface area contributed by atoms with E-state index in [4.69, 9.17) is 28.3 Å². The predicted octanol–water partition coefficient (Wildman–Crippen LogP) is 3.37. The molecule has 2 rings (SSSR count). The first-order chi connectivity index (χ1) is 9.40. The molecule has 1 aromatic carbocycles. The molecule has 1 aromatic rings. The zero-order valence-corrected chi connectivity index (χ0v) is 12.8. The van der Waals surface area contributed by atoms with Crippen LogP contribution in [0.4, 0.5) is 10.5 Å². The minimum absolute atomic E-state index is 0.195. The second-order valence-corrected chi connectivity index (χ2v) is 6.42. The Morgan fingerprint density at radius 2 is 2.10 bits per heavy atom. The van der Waals surface area contributed by atoms with Gasteiger partial charge in [-0.2, -0.15) is 0 Å². The van der Waals surface area contributed by atoms with Crippen LogP contribution in [0.5, 0.6) is 0 Å². The lowest BCUT2D eigenvalue weighted by molar-refractivity contribution is -0.141. The van der Waals surface area contributed by atoms with Crippen molar-refractivity contribution < 1.29 is 14.7 Å². The van der Waals surface area contributed by atoms with Gasteiger partial charge < -0.3 is 10.4 Å². The van der Waals surface area contributed by atoms with Crippen molar-refractivity contribution in [2.24, 2.45) is 0 Å². The standard InChI is InChI=1S/C12H12Cl2N2O3S/c1-6-16(10(5-20-6)11(17)18)12(19)15-7-2-3-8(13)9(14)4-7/h2-4,6,10H,5H2,1H3,(H,15,19)(H,17,18). The molecule has 2 amide bonds. The van der Waals surface area contributed by atoms with E-state index in [0.717, 1.165) is 0 Å². The Morgan fingerprint density at radius 3 is 2.70 bits per heavy atom. The van der Waals surface area contributed by atoms with Crippen molar-refractivity contribution >= 4 is 52.7 Å². The highest BCUT2D eigenvalue weighted by Gasteiger charge is 2.39. The monoisotopic (exact) mass is 334 g/mol. The lowest BCUT2D eigenvalue weighted by Crippen LogP contribution is -2.46. The molecular formula is C12H12Cl2N2O3S. The number of carboxylic acids is 1. The van der Waals surface area contributed by atoms with E-state index in [1.807, 2.05) is 0 Å². The van der Waals surface area contributed by atoms with E-state index in [0.29, 0.717) is 21.5 Å². The highest BCUT2D eigenvalue weighted by molar-refractivity contribution is 8.00. The first-order valence-corrected chi connectivity index (χ1v) is 7.59. The van der Waals surface area contributed by atoms with E-state index in [-0.39, 0.29) is 5.37 Å². The average Bonchev–Trinajstić information content (AvgIpc) is 2.76. The van der Waals surface area contributed by atoms with Crippen LogP contribution >= 0.6 is 35.0 Å². The van der Waals surface area contributed by atoms with Crippen LogP contribution in [0.3, 0.4) is 0 Å². The van der Waals surface area contributed by atoms with Gasteiger partial charge >= 0.3 is 12.0 Å². The minimum Gasteiger partial charge on any atom is -0.480 e. The van der Waals surface area contributed by atoms with Crippen LogP contribution in [-0.4, -0.2) is 39.2 Å². The van der Waals surface area contributed by atoms with Gasteiger partial charge in [0.1, 0.15) is 6.04 Å². The molecule has 1 aliphatic heterocycles. The fraction of sp³-hybridized carbons (Fsp3) is 0.333. The number of nitrogens with one attached hydrogen (secondary N) is 1. The second kappa shape index (κ2) is 6.11. The largest absolute Gasteiger partial charge is 0.480 e. The summed E-state index contributed by atoms with van der Waals surface area (Å²) in [7, 11) is 0. The van der Waals surface area contributed by atoms with Crippen molar-refractivity contribution in [1.29, 1.82) is 0 Å². The number of rotatable bonds is 2. The molecular weight excluding hydrogens is 323 g/mol. The summed E-state index contributed by atoms with van der Waals surface area (Å²) in [6, 6.07) is 3.41. The lowest BCUT2D eigenvalue weighted by Gasteiger charge is -2.25. The molecule has 0 aliphatic carbocycles. The first kappa shape index (κ1) is 15.3. The van der Waals surface area contributed by atoms with Gasteiger partial charge in [0, 0.05) is 11.4 Å². The number of carbonyl (C=O) groups excluding carboxylic acids is 1. The predicted molar refractivity (Wildman–Crippen MR) is 80.7 cm³/mol. The first-order valence-electron chi connectivity index (χ1n) is 5.79. The number of hydrogen-bond donors (Lipinski definition) is 2. The van der Waals surface area contributed by atoms with E-state index < -0.39 is 18.0 Å². The van der Waals surface area contributed by atoms with Crippen LogP contribution in [0.1, 0.15) is 6.92 Å². The maximum Gasteiger partial charge on any atom is 0.327 e. The maximum absolute atomic E-state index is 12.2. The van der Waals surface area contributed by atoms with Crippen molar-refractivity contribution in [3.8, 4) is 0 Å². The molecule has 2 N–H and O–H groups in total. The quantitative estimate of drug-likeness (QED) is 0.869. The van der Waals surface area contributed by atoms with Gasteiger partial charge in [0.05, 0.1) is 15.4 Å². The number of thioether (sulfide) groups is 1. The van der Waals surface area contributed by atoms with E-state index in [9.17, 15) is 9.59 Å². The SMILES string of the molecule is CC1SCC(C(=O)O)N1C(=O)Nc1ccc(Cl)c(Cl)c1. The van der Waals surface area contributed by atoms with Crippen LogP contribution in [-0.2, 0) is 4.79 Å². The molecule has 0 spiro atoms. The van der Waals surface area contributed by atoms with Crippen molar-refractivity contribution in [2.45, 2.75) is 18.3 Å². The average molecular weight is 335 g/mol. The minimum atomic E-state index is -1.01. The topological polar surface area (TPSA) is 69.6 Å². The summed E-state index contributed by atoms with van der Waals surface area (Å²) in [5.41, 5.74) is 0.470. The van der Waals surface area contributed by atoms with Crippen molar-refractivity contribution in [2.75, 3.05) is 11.1 Å². The number of aliphatic carboxylic acids is 1. The molecule has 1 aliphatic rings. The number of hydrogen-bond acceptors (Lipinski definition) is 3. The molecule has 0 aromatic heterocycles. The number of carbonyl (C=O) groups is 2. The normalized spacial score (nSPS) is 21.9. The van der Waals surface area contributed by atoms with E-state index in [1.54, 1.807) is 19.1 Å². The van der Waals surface area contributed by atoms with Gasteiger partial charge in [0.15, 0.2) is 0 Å². The summed E-state index contributed by atoms with van der Waals surface area (Å²) < 4.78 is 0. The number of urea groups is 1. The number of anilines is 1.